The summed E-state index contributed by atoms with van der Waals surface area (Å²) in [5.41, 5.74) is 29.0. The summed E-state index contributed by atoms with van der Waals surface area (Å²) in [5.74, 6) is -0.834. The van der Waals surface area contributed by atoms with Gasteiger partial charge in [0.15, 0.2) is 0 Å². The summed E-state index contributed by atoms with van der Waals surface area (Å²) in [4.78, 5) is 48.9. The Balaban J connectivity index is 0.000000258. The molecule has 68 heavy (non-hydrogen) atoms. The monoisotopic (exact) mass is 928 g/mol. The lowest BCUT2D eigenvalue weighted by atomic mass is 9.84. The van der Waals surface area contributed by atoms with Crippen molar-refractivity contribution in [2.45, 2.75) is 121 Å². The molecule has 0 amide bonds. The number of hydrogen-bond donors (Lipinski definition) is 4. The number of hydrogen-bond acceptors (Lipinski definition) is 13. The van der Waals surface area contributed by atoms with Crippen molar-refractivity contribution in [3.8, 4) is 0 Å². The average Bonchev–Trinajstić information content (AvgIpc) is 3.33. The predicted molar refractivity (Wildman–Crippen MR) is 269 cm³/mol. The van der Waals surface area contributed by atoms with E-state index in [0.29, 0.717) is 33.9 Å². The van der Waals surface area contributed by atoms with Gasteiger partial charge in [-0.2, -0.15) is 0 Å². The highest BCUT2D eigenvalue weighted by atomic mass is 16.6. The second-order valence-corrected chi connectivity index (χ2v) is 17.5. The fourth-order valence-electron chi connectivity index (χ4n) is 8.29. The molecule has 0 aromatic heterocycles. The molecule has 0 radical (unpaired) electrons. The Kier molecular flexibility index (Phi) is 21.2. The van der Waals surface area contributed by atoms with Crippen LogP contribution >= 0.6 is 0 Å². The van der Waals surface area contributed by atoms with Crippen LogP contribution in [0.25, 0.3) is 12.2 Å². The van der Waals surface area contributed by atoms with Crippen molar-refractivity contribution in [1.29, 1.82) is 0 Å². The summed E-state index contributed by atoms with van der Waals surface area (Å²) in [6.07, 6.45) is 23.3. The molecule has 0 unspecified atom stereocenters. The maximum atomic E-state index is 12.6. The highest BCUT2D eigenvalue weighted by Crippen LogP contribution is 2.31. The molecule has 0 bridgehead atoms. The molecule has 4 aromatic rings. The van der Waals surface area contributed by atoms with Gasteiger partial charge in [-0.1, -0.05) is 56.0 Å². The Morgan fingerprint density at radius 1 is 0.544 bits per heavy atom. The molecule has 362 valence electrons. The fourth-order valence-corrected chi connectivity index (χ4v) is 8.29. The molecule has 2 aliphatic rings. The minimum atomic E-state index is -0.490. The number of carbonyl (C=O) groups excluding carboxylic acids is 4. The molecular formula is C55H68N4O9. The Morgan fingerprint density at radius 3 is 1.35 bits per heavy atom. The van der Waals surface area contributed by atoms with Crippen molar-refractivity contribution in [3.05, 3.63) is 143 Å². The van der Waals surface area contributed by atoms with Gasteiger partial charge in [0.1, 0.15) is 25.4 Å². The third-order valence-corrected chi connectivity index (χ3v) is 12.0. The van der Waals surface area contributed by atoms with E-state index in [1.165, 1.54) is 44.3 Å². The number of rotatable bonds is 20. The SMILES string of the molecule is C=CCCCCCCC1CCC(OC(=O)c2ccc(/C=C/C(=O)OCc3cc(N)cc(N)c3)cc2)CC1.COC1CCC(OC(=O)c2ccc(/C=C/C(=O)OCc3cc(N)cc(N)c3)cc2)CC1. The molecule has 0 atom stereocenters. The molecule has 2 fully saturated rings. The van der Waals surface area contributed by atoms with Gasteiger partial charge >= 0.3 is 23.9 Å². The van der Waals surface area contributed by atoms with Gasteiger partial charge in [0.25, 0.3) is 0 Å². The molecule has 2 aliphatic carbocycles. The van der Waals surface area contributed by atoms with E-state index in [0.717, 1.165) is 86.0 Å². The number of nitrogen functional groups attached to an aromatic ring is 4. The lowest BCUT2D eigenvalue weighted by Gasteiger charge is -2.28. The highest BCUT2D eigenvalue weighted by molar-refractivity contribution is 5.91. The second-order valence-electron chi connectivity index (χ2n) is 17.5. The average molecular weight is 929 g/mol. The topological polar surface area (TPSA) is 219 Å². The zero-order valence-corrected chi connectivity index (χ0v) is 39.3. The number of anilines is 4. The quantitative estimate of drug-likeness (QED) is 0.0162. The Bertz CT molecular complexity index is 2270. The zero-order valence-electron chi connectivity index (χ0n) is 39.3. The van der Waals surface area contributed by atoms with E-state index in [4.69, 9.17) is 46.6 Å². The third kappa shape index (κ3) is 18.8. The lowest BCUT2D eigenvalue weighted by Crippen LogP contribution is -2.27. The van der Waals surface area contributed by atoms with Crippen molar-refractivity contribution in [2.24, 2.45) is 5.92 Å². The molecule has 2 saturated carbocycles. The molecule has 0 heterocycles. The van der Waals surface area contributed by atoms with E-state index < -0.39 is 11.9 Å². The maximum Gasteiger partial charge on any atom is 0.338 e. The van der Waals surface area contributed by atoms with E-state index in [2.05, 4.69) is 6.58 Å². The summed E-state index contributed by atoms with van der Waals surface area (Å²) >= 11 is 0. The Hall–Kier alpha value is -6.86. The van der Waals surface area contributed by atoms with Gasteiger partial charge in [-0.05, 0) is 165 Å². The van der Waals surface area contributed by atoms with Crippen LogP contribution in [0.3, 0.4) is 0 Å². The standard InChI is InChI=1S/C31H40N2O4.C24H28N2O5/c1-2-3-4-5-6-7-8-23-11-16-29(17-12-23)37-31(35)26-14-9-24(10-15-26)13-18-30(34)36-22-25-19-27(32)21-28(33)20-25;1-29-21-7-9-22(10-8-21)31-24(28)18-5-2-16(3-6-18)4-11-23(27)30-15-17-12-19(25)14-20(26)13-17/h2,9-10,13-15,18-21,23,29H,1,3-8,11-12,16-17,22,32-33H2;2-6,11-14,21-22H,7-10,15,25-26H2,1H3/b18-13+;11-4+. The van der Waals surface area contributed by atoms with E-state index in [1.807, 2.05) is 6.08 Å². The normalized spacial score (nSPS) is 18.0. The molecule has 4 aromatic carbocycles. The van der Waals surface area contributed by atoms with E-state index in [9.17, 15) is 19.2 Å². The van der Waals surface area contributed by atoms with Crippen LogP contribution in [0.2, 0.25) is 0 Å². The van der Waals surface area contributed by atoms with Crippen LogP contribution < -0.4 is 22.9 Å². The van der Waals surface area contributed by atoms with Crippen LogP contribution in [-0.4, -0.2) is 49.3 Å². The Labute approximate surface area is 400 Å². The van der Waals surface area contributed by atoms with Gasteiger partial charge in [0, 0.05) is 42.0 Å². The summed E-state index contributed by atoms with van der Waals surface area (Å²) in [5, 5.41) is 0. The van der Waals surface area contributed by atoms with Crippen molar-refractivity contribution in [2.75, 3.05) is 30.0 Å². The van der Waals surface area contributed by atoms with E-state index >= 15 is 0 Å². The summed E-state index contributed by atoms with van der Waals surface area (Å²) in [6, 6.07) is 24.0. The molecule has 13 heteroatoms. The van der Waals surface area contributed by atoms with Gasteiger partial charge in [-0.15, -0.1) is 6.58 Å². The zero-order chi connectivity index (χ0) is 48.7. The van der Waals surface area contributed by atoms with E-state index in [-0.39, 0.29) is 43.5 Å². The number of methoxy groups -OCH3 is 1. The van der Waals surface area contributed by atoms with Gasteiger partial charge in [-0.3, -0.25) is 0 Å². The fraction of sp³-hybridized carbons (Fsp3) is 0.382. The van der Waals surface area contributed by atoms with Gasteiger partial charge in [-0.25, -0.2) is 19.2 Å². The number of ether oxygens (including phenoxy) is 5. The van der Waals surface area contributed by atoms with Crippen molar-refractivity contribution in [1.82, 2.24) is 0 Å². The van der Waals surface area contributed by atoms with Crippen LogP contribution in [-0.2, 0) is 46.5 Å². The van der Waals surface area contributed by atoms with Crippen LogP contribution in [0.15, 0.2) is 110 Å². The number of nitrogens with two attached hydrogens (primary N) is 4. The highest BCUT2D eigenvalue weighted by Gasteiger charge is 2.25. The molecule has 13 nitrogen and oxygen atoms in total. The van der Waals surface area contributed by atoms with Crippen molar-refractivity contribution < 1.29 is 42.9 Å². The first kappa shape index (κ1) is 52.1. The van der Waals surface area contributed by atoms with Crippen molar-refractivity contribution in [3.63, 3.8) is 0 Å². The summed E-state index contributed by atoms with van der Waals surface area (Å²) in [6.45, 7) is 3.94. The molecule has 0 saturated heterocycles. The van der Waals surface area contributed by atoms with Gasteiger partial charge in [0.05, 0.1) is 17.2 Å². The molecule has 8 N–H and O–H groups in total. The van der Waals surface area contributed by atoms with Crippen molar-refractivity contribution >= 4 is 58.8 Å². The van der Waals surface area contributed by atoms with Gasteiger partial charge in [0.2, 0.25) is 0 Å². The Morgan fingerprint density at radius 2 is 0.941 bits per heavy atom. The smallest absolute Gasteiger partial charge is 0.338 e. The number of allylic oxidation sites excluding steroid dienone is 1. The third-order valence-electron chi connectivity index (χ3n) is 12.0. The first-order valence-electron chi connectivity index (χ1n) is 23.6. The second kappa shape index (κ2) is 27.7. The maximum absolute atomic E-state index is 12.6. The van der Waals surface area contributed by atoms with Gasteiger partial charge < -0.3 is 46.6 Å². The summed E-state index contributed by atoms with van der Waals surface area (Å²) in [7, 11) is 1.71. The predicted octanol–water partition coefficient (Wildman–Crippen LogP) is 10.6. The molecule has 6 rings (SSSR count). The van der Waals surface area contributed by atoms with Crippen LogP contribution in [0.4, 0.5) is 22.7 Å². The minimum absolute atomic E-state index is 0.000925. The molecule has 0 spiro atoms. The van der Waals surface area contributed by atoms with Crippen LogP contribution in [0, 0.1) is 5.92 Å². The first-order chi connectivity index (χ1) is 32.8. The number of esters is 4. The lowest BCUT2D eigenvalue weighted by molar-refractivity contribution is -0.139. The van der Waals surface area contributed by atoms with Crippen LogP contribution in [0.1, 0.15) is 133 Å². The molecule has 0 aliphatic heterocycles. The largest absolute Gasteiger partial charge is 0.459 e. The van der Waals surface area contributed by atoms with E-state index in [1.54, 1.807) is 104 Å². The number of carbonyl (C=O) groups is 4. The molecular weight excluding hydrogens is 861 g/mol. The van der Waals surface area contributed by atoms with Crippen LogP contribution in [0.5, 0.6) is 0 Å². The first-order valence-corrected chi connectivity index (χ1v) is 23.6. The minimum Gasteiger partial charge on any atom is -0.459 e. The summed E-state index contributed by atoms with van der Waals surface area (Å²) < 4.78 is 27.1. The number of benzene rings is 4. The number of unbranched alkanes of at least 4 members (excludes halogenated alkanes) is 4.